The van der Waals surface area contributed by atoms with Gasteiger partial charge in [-0.2, -0.15) is 5.10 Å². The third-order valence-electron chi connectivity index (χ3n) is 3.76. The molecule has 0 bridgehead atoms. The van der Waals surface area contributed by atoms with Gasteiger partial charge in [-0.05, 0) is 18.2 Å². The van der Waals surface area contributed by atoms with Crippen molar-refractivity contribution in [3.8, 4) is 5.69 Å². The molecule has 0 amide bonds. The Kier molecular flexibility index (Phi) is 2.82. The van der Waals surface area contributed by atoms with Crippen LogP contribution in [0.1, 0.15) is 23.0 Å². The van der Waals surface area contributed by atoms with Gasteiger partial charge in [0, 0.05) is 30.4 Å². The highest BCUT2D eigenvalue weighted by atomic mass is 19.1. The minimum absolute atomic E-state index is 0.0299. The summed E-state index contributed by atoms with van der Waals surface area (Å²) in [6.07, 6.45) is 6.38. The second kappa shape index (κ2) is 4.82. The third-order valence-corrected chi connectivity index (χ3v) is 3.76. The summed E-state index contributed by atoms with van der Waals surface area (Å²) in [6, 6.07) is 6.42. The van der Waals surface area contributed by atoms with Gasteiger partial charge in [0.05, 0.1) is 29.9 Å². The molecule has 0 saturated heterocycles. The molecule has 0 aliphatic carbocycles. The first-order chi connectivity index (χ1) is 10.3. The van der Waals surface area contributed by atoms with E-state index in [0.717, 1.165) is 29.9 Å². The van der Waals surface area contributed by atoms with E-state index in [1.165, 1.54) is 12.1 Å². The topological polar surface area (TPSA) is 58.5 Å². The predicted octanol–water partition coefficient (Wildman–Crippen LogP) is 1.97. The van der Waals surface area contributed by atoms with Crippen LogP contribution in [-0.4, -0.2) is 26.3 Å². The van der Waals surface area contributed by atoms with Crippen LogP contribution in [-0.2, 0) is 6.42 Å². The lowest BCUT2D eigenvalue weighted by molar-refractivity contribution is 0.553. The maximum atomic E-state index is 13.3. The highest BCUT2D eigenvalue weighted by Crippen LogP contribution is 2.26. The second-order valence-corrected chi connectivity index (χ2v) is 5.10. The van der Waals surface area contributed by atoms with Crippen LogP contribution in [0.25, 0.3) is 5.69 Å². The number of imidazole rings is 1. The van der Waals surface area contributed by atoms with Crippen LogP contribution in [0.4, 0.5) is 4.39 Å². The highest BCUT2D eigenvalue weighted by Gasteiger charge is 2.24. The number of halogens is 1. The Bertz CT molecular complexity index is 776. The van der Waals surface area contributed by atoms with Gasteiger partial charge in [-0.1, -0.05) is 6.07 Å². The first kappa shape index (κ1) is 12.3. The molecule has 3 aromatic rings. The summed E-state index contributed by atoms with van der Waals surface area (Å²) in [5.74, 6) is -0.269. The molecule has 4 rings (SSSR count). The molecule has 2 aromatic heterocycles. The van der Waals surface area contributed by atoms with E-state index < -0.39 is 0 Å². The van der Waals surface area contributed by atoms with Crippen LogP contribution in [0.3, 0.4) is 0 Å². The zero-order valence-corrected chi connectivity index (χ0v) is 11.3. The van der Waals surface area contributed by atoms with Crippen molar-refractivity contribution in [2.45, 2.75) is 12.5 Å². The number of H-pyrrole nitrogens is 1. The molecular weight excluding hydrogens is 269 g/mol. The Morgan fingerprint density at radius 3 is 3.19 bits per heavy atom. The minimum atomic E-state index is -0.269. The van der Waals surface area contributed by atoms with E-state index in [0.29, 0.717) is 5.69 Å². The third kappa shape index (κ3) is 2.13. The van der Waals surface area contributed by atoms with Gasteiger partial charge in [-0.15, -0.1) is 0 Å². The van der Waals surface area contributed by atoms with E-state index in [4.69, 9.17) is 0 Å². The van der Waals surface area contributed by atoms with E-state index in [-0.39, 0.29) is 11.9 Å². The molecule has 106 valence electrons. The largest absolute Gasteiger partial charge is 0.348 e. The number of aromatic amines is 1. The number of nitrogens with zero attached hydrogens (tertiary/aromatic N) is 3. The Morgan fingerprint density at radius 1 is 1.33 bits per heavy atom. The van der Waals surface area contributed by atoms with Crippen LogP contribution in [0.5, 0.6) is 0 Å². The lowest BCUT2D eigenvalue weighted by atomic mass is 10.0. The number of rotatable bonds is 2. The first-order valence-corrected chi connectivity index (χ1v) is 6.87. The highest BCUT2D eigenvalue weighted by molar-refractivity contribution is 5.35. The number of benzene rings is 1. The summed E-state index contributed by atoms with van der Waals surface area (Å²) >= 11 is 0. The molecular formula is C15H14FN5. The Hall–Kier alpha value is -2.47. The number of hydrogen-bond acceptors (Lipinski definition) is 3. The summed E-state index contributed by atoms with van der Waals surface area (Å²) < 4.78 is 15.0. The van der Waals surface area contributed by atoms with Crippen molar-refractivity contribution in [3.05, 3.63) is 65.8 Å². The Balaban J connectivity index is 1.70. The average Bonchev–Trinajstić information content (AvgIpc) is 3.16. The molecule has 1 aromatic carbocycles. The number of hydrogen-bond donors (Lipinski definition) is 2. The van der Waals surface area contributed by atoms with Gasteiger partial charge >= 0.3 is 0 Å². The van der Waals surface area contributed by atoms with Gasteiger partial charge in [-0.3, -0.25) is 0 Å². The van der Waals surface area contributed by atoms with Gasteiger partial charge in [0.1, 0.15) is 5.82 Å². The van der Waals surface area contributed by atoms with Crippen molar-refractivity contribution >= 4 is 0 Å². The Morgan fingerprint density at radius 2 is 2.29 bits per heavy atom. The minimum Gasteiger partial charge on any atom is -0.348 e. The summed E-state index contributed by atoms with van der Waals surface area (Å²) in [4.78, 5) is 7.57. The smallest absolute Gasteiger partial charge is 0.125 e. The van der Waals surface area contributed by atoms with Crippen molar-refractivity contribution < 1.29 is 4.39 Å². The van der Waals surface area contributed by atoms with Crippen molar-refractivity contribution in [1.82, 2.24) is 25.1 Å². The molecule has 5 nitrogen and oxygen atoms in total. The maximum absolute atomic E-state index is 13.3. The SMILES string of the molecule is Fc1cccc(-n2cc(C3NCCc4[nH]cnc43)cn2)c1. The van der Waals surface area contributed by atoms with E-state index in [1.54, 1.807) is 23.3 Å². The molecule has 21 heavy (non-hydrogen) atoms. The molecule has 2 N–H and O–H groups in total. The summed E-state index contributed by atoms with van der Waals surface area (Å²) in [6.45, 7) is 0.894. The van der Waals surface area contributed by atoms with Crippen molar-refractivity contribution in [1.29, 1.82) is 0 Å². The fourth-order valence-corrected chi connectivity index (χ4v) is 2.74. The van der Waals surface area contributed by atoms with E-state index in [2.05, 4.69) is 20.4 Å². The van der Waals surface area contributed by atoms with Gasteiger partial charge in [-0.25, -0.2) is 14.1 Å². The van der Waals surface area contributed by atoms with Crippen molar-refractivity contribution in [3.63, 3.8) is 0 Å². The summed E-state index contributed by atoms with van der Waals surface area (Å²) in [7, 11) is 0. The monoisotopic (exact) mass is 283 g/mol. The van der Waals surface area contributed by atoms with Gasteiger partial charge in [0.15, 0.2) is 0 Å². The zero-order valence-electron chi connectivity index (χ0n) is 11.3. The van der Waals surface area contributed by atoms with E-state index in [1.807, 2.05) is 12.3 Å². The molecule has 0 spiro atoms. The summed E-state index contributed by atoms with van der Waals surface area (Å²) in [5, 5.41) is 7.78. The van der Waals surface area contributed by atoms with Crippen LogP contribution in [0.15, 0.2) is 43.0 Å². The molecule has 0 fully saturated rings. The van der Waals surface area contributed by atoms with Crippen LogP contribution < -0.4 is 5.32 Å². The van der Waals surface area contributed by atoms with Crippen LogP contribution in [0.2, 0.25) is 0 Å². The molecule has 0 radical (unpaired) electrons. The van der Waals surface area contributed by atoms with Crippen LogP contribution in [0, 0.1) is 5.82 Å². The standard InChI is InChI=1S/C15H14FN5/c16-11-2-1-3-12(6-11)21-8-10(7-20-21)14-15-13(4-5-17-14)18-9-19-15/h1-3,6-9,14,17H,4-5H2,(H,18,19). The van der Waals surface area contributed by atoms with Crippen molar-refractivity contribution in [2.75, 3.05) is 6.54 Å². The first-order valence-electron chi connectivity index (χ1n) is 6.87. The molecule has 1 aliphatic heterocycles. The van der Waals surface area contributed by atoms with Crippen molar-refractivity contribution in [2.24, 2.45) is 0 Å². The number of nitrogens with one attached hydrogen (secondary N) is 2. The quantitative estimate of drug-likeness (QED) is 0.756. The molecule has 0 saturated carbocycles. The fraction of sp³-hybridized carbons (Fsp3) is 0.200. The number of aromatic nitrogens is 4. The normalized spacial score (nSPS) is 17.7. The zero-order chi connectivity index (χ0) is 14.2. The average molecular weight is 283 g/mol. The van der Waals surface area contributed by atoms with E-state index in [9.17, 15) is 4.39 Å². The molecule has 3 heterocycles. The molecule has 1 aliphatic rings. The van der Waals surface area contributed by atoms with Crippen LogP contribution >= 0.6 is 0 Å². The predicted molar refractivity (Wildman–Crippen MR) is 75.7 cm³/mol. The molecule has 1 unspecified atom stereocenters. The Labute approximate surface area is 120 Å². The summed E-state index contributed by atoms with van der Waals surface area (Å²) in [5.41, 5.74) is 3.91. The van der Waals surface area contributed by atoms with Gasteiger partial charge in [0.2, 0.25) is 0 Å². The number of fused-ring (bicyclic) bond motifs is 1. The fourth-order valence-electron chi connectivity index (χ4n) is 2.74. The lowest BCUT2D eigenvalue weighted by Gasteiger charge is -2.21. The van der Waals surface area contributed by atoms with Gasteiger partial charge < -0.3 is 10.3 Å². The van der Waals surface area contributed by atoms with E-state index >= 15 is 0 Å². The molecule has 6 heteroatoms. The second-order valence-electron chi connectivity index (χ2n) is 5.10. The lowest BCUT2D eigenvalue weighted by Crippen LogP contribution is -2.30. The maximum Gasteiger partial charge on any atom is 0.125 e. The molecule has 1 atom stereocenters. The van der Waals surface area contributed by atoms with Gasteiger partial charge in [0.25, 0.3) is 0 Å².